The van der Waals surface area contributed by atoms with Crippen molar-refractivity contribution in [3.05, 3.63) is 16.1 Å². The summed E-state index contributed by atoms with van der Waals surface area (Å²) >= 11 is 7.45. The summed E-state index contributed by atoms with van der Waals surface area (Å²) in [7, 11) is 2.17. The predicted molar refractivity (Wildman–Crippen MR) is 71.8 cm³/mol. The van der Waals surface area contributed by atoms with E-state index in [2.05, 4.69) is 23.9 Å². The van der Waals surface area contributed by atoms with Crippen LogP contribution in [0, 0.1) is 0 Å². The molecule has 0 amide bonds. The van der Waals surface area contributed by atoms with Crippen LogP contribution in [0.4, 0.5) is 0 Å². The SMILES string of the molecule is CC1OCCC1N(C)CCc1nc(CCl)cs1. The van der Waals surface area contributed by atoms with Crippen molar-refractivity contribution >= 4 is 22.9 Å². The van der Waals surface area contributed by atoms with Crippen molar-refractivity contribution in [1.29, 1.82) is 0 Å². The number of hydrogen-bond acceptors (Lipinski definition) is 4. The molecule has 1 aromatic rings. The van der Waals surface area contributed by atoms with E-state index in [0.29, 0.717) is 18.0 Å². The lowest BCUT2D eigenvalue weighted by Crippen LogP contribution is -2.37. The molecular formula is C12H19ClN2OS. The van der Waals surface area contributed by atoms with Gasteiger partial charge in [0.25, 0.3) is 0 Å². The Kier molecular flexibility index (Phi) is 4.79. The molecule has 1 saturated heterocycles. The van der Waals surface area contributed by atoms with Gasteiger partial charge in [0.1, 0.15) is 0 Å². The lowest BCUT2D eigenvalue weighted by atomic mass is 10.1. The molecule has 3 nitrogen and oxygen atoms in total. The summed E-state index contributed by atoms with van der Waals surface area (Å²) in [6.45, 7) is 4.08. The number of halogens is 1. The lowest BCUT2D eigenvalue weighted by molar-refractivity contribution is 0.0841. The molecule has 2 unspecified atom stereocenters. The topological polar surface area (TPSA) is 25.4 Å². The number of alkyl halides is 1. The van der Waals surface area contributed by atoms with E-state index < -0.39 is 0 Å². The van der Waals surface area contributed by atoms with Crippen molar-refractivity contribution in [1.82, 2.24) is 9.88 Å². The quantitative estimate of drug-likeness (QED) is 0.772. The zero-order valence-electron chi connectivity index (χ0n) is 10.4. The summed E-state index contributed by atoms with van der Waals surface area (Å²) in [5.41, 5.74) is 0.992. The maximum Gasteiger partial charge on any atom is 0.0941 e. The fourth-order valence-electron chi connectivity index (χ4n) is 2.26. The third-order valence-electron chi connectivity index (χ3n) is 3.32. The molecule has 0 aliphatic carbocycles. The molecule has 1 aliphatic rings. The highest BCUT2D eigenvalue weighted by Gasteiger charge is 2.27. The van der Waals surface area contributed by atoms with Crippen molar-refractivity contribution in [3.8, 4) is 0 Å². The number of aromatic nitrogens is 1. The normalized spacial score (nSPS) is 24.7. The Labute approximate surface area is 112 Å². The zero-order chi connectivity index (χ0) is 12.3. The van der Waals surface area contributed by atoms with Gasteiger partial charge in [-0.15, -0.1) is 22.9 Å². The molecule has 2 rings (SSSR count). The molecule has 1 aliphatic heterocycles. The summed E-state index contributed by atoms with van der Waals surface area (Å²) in [6, 6.07) is 0.558. The molecule has 5 heteroatoms. The Morgan fingerprint density at radius 1 is 1.65 bits per heavy atom. The van der Waals surface area contributed by atoms with Gasteiger partial charge >= 0.3 is 0 Å². The van der Waals surface area contributed by atoms with E-state index in [9.17, 15) is 0 Å². The third-order valence-corrected chi connectivity index (χ3v) is 4.55. The van der Waals surface area contributed by atoms with E-state index in [1.54, 1.807) is 11.3 Å². The summed E-state index contributed by atoms with van der Waals surface area (Å²) < 4.78 is 5.59. The number of rotatable bonds is 5. The van der Waals surface area contributed by atoms with Crippen LogP contribution < -0.4 is 0 Å². The molecule has 96 valence electrons. The summed E-state index contributed by atoms with van der Waals surface area (Å²) in [4.78, 5) is 6.86. The van der Waals surface area contributed by atoms with Crippen molar-refractivity contribution in [2.75, 3.05) is 20.2 Å². The average Bonchev–Trinajstić information content (AvgIpc) is 2.94. The first kappa shape index (κ1) is 13.3. The predicted octanol–water partition coefficient (Wildman–Crippen LogP) is 2.53. The molecule has 1 aromatic heterocycles. The van der Waals surface area contributed by atoms with E-state index in [0.717, 1.165) is 31.7 Å². The Hall–Kier alpha value is -0.160. The minimum Gasteiger partial charge on any atom is -0.377 e. The summed E-state index contributed by atoms with van der Waals surface area (Å²) in [5.74, 6) is 0.514. The fraction of sp³-hybridized carbons (Fsp3) is 0.750. The van der Waals surface area contributed by atoms with Gasteiger partial charge in [0.2, 0.25) is 0 Å². The van der Waals surface area contributed by atoms with Gasteiger partial charge in [0, 0.05) is 31.0 Å². The van der Waals surface area contributed by atoms with Crippen molar-refractivity contribution in [2.24, 2.45) is 0 Å². The van der Waals surface area contributed by atoms with Crippen molar-refractivity contribution in [2.45, 2.75) is 37.8 Å². The van der Waals surface area contributed by atoms with Crippen LogP contribution in [0.5, 0.6) is 0 Å². The van der Waals surface area contributed by atoms with Gasteiger partial charge in [0.15, 0.2) is 0 Å². The van der Waals surface area contributed by atoms with Crippen LogP contribution in [0.2, 0.25) is 0 Å². The maximum atomic E-state index is 5.74. The van der Waals surface area contributed by atoms with Gasteiger partial charge in [-0.25, -0.2) is 4.98 Å². The first-order chi connectivity index (χ1) is 8.20. The van der Waals surface area contributed by atoms with Crippen LogP contribution >= 0.6 is 22.9 Å². The molecule has 2 heterocycles. The van der Waals surface area contributed by atoms with Crippen LogP contribution in [0.15, 0.2) is 5.38 Å². The van der Waals surface area contributed by atoms with E-state index in [1.807, 2.05) is 5.38 Å². The maximum absolute atomic E-state index is 5.74. The largest absolute Gasteiger partial charge is 0.377 e. The Morgan fingerprint density at radius 3 is 3.06 bits per heavy atom. The zero-order valence-corrected chi connectivity index (χ0v) is 11.9. The van der Waals surface area contributed by atoms with Crippen molar-refractivity contribution < 1.29 is 4.74 Å². The molecule has 0 N–H and O–H groups in total. The molecule has 0 saturated carbocycles. The number of nitrogens with zero attached hydrogens (tertiary/aromatic N) is 2. The molecule has 0 aromatic carbocycles. The van der Waals surface area contributed by atoms with Crippen LogP contribution in [0.3, 0.4) is 0 Å². The van der Waals surface area contributed by atoms with Crippen LogP contribution in [0.25, 0.3) is 0 Å². The highest BCUT2D eigenvalue weighted by atomic mass is 35.5. The second-order valence-electron chi connectivity index (χ2n) is 4.53. The van der Waals surface area contributed by atoms with E-state index in [4.69, 9.17) is 16.3 Å². The summed E-state index contributed by atoms with van der Waals surface area (Å²) in [5, 5.41) is 3.22. The average molecular weight is 275 g/mol. The highest BCUT2D eigenvalue weighted by Crippen LogP contribution is 2.19. The molecular weight excluding hydrogens is 256 g/mol. The minimum absolute atomic E-state index is 0.356. The number of thiazole rings is 1. The van der Waals surface area contributed by atoms with Crippen LogP contribution in [0.1, 0.15) is 24.0 Å². The molecule has 1 fully saturated rings. The van der Waals surface area contributed by atoms with Gasteiger partial charge in [0.05, 0.1) is 22.7 Å². The van der Waals surface area contributed by atoms with Gasteiger partial charge in [-0.2, -0.15) is 0 Å². The van der Waals surface area contributed by atoms with E-state index >= 15 is 0 Å². The smallest absolute Gasteiger partial charge is 0.0941 e. The van der Waals surface area contributed by atoms with E-state index in [-0.39, 0.29) is 0 Å². The number of ether oxygens (including phenoxy) is 1. The molecule has 2 atom stereocenters. The van der Waals surface area contributed by atoms with Crippen molar-refractivity contribution in [3.63, 3.8) is 0 Å². The molecule has 0 spiro atoms. The number of likely N-dealkylation sites (N-methyl/N-ethyl adjacent to an activating group) is 1. The second-order valence-corrected chi connectivity index (χ2v) is 5.74. The van der Waals surface area contributed by atoms with Gasteiger partial charge in [-0.05, 0) is 20.4 Å². The third kappa shape index (κ3) is 3.41. The van der Waals surface area contributed by atoms with E-state index in [1.165, 1.54) is 5.01 Å². The lowest BCUT2D eigenvalue weighted by Gasteiger charge is -2.26. The Bertz CT molecular complexity index is 358. The van der Waals surface area contributed by atoms with Crippen LogP contribution in [-0.4, -0.2) is 42.2 Å². The second kappa shape index (κ2) is 6.14. The molecule has 17 heavy (non-hydrogen) atoms. The Balaban J connectivity index is 1.81. The van der Waals surface area contributed by atoms with Gasteiger partial charge in [-0.3, -0.25) is 0 Å². The first-order valence-corrected chi connectivity index (χ1v) is 7.43. The summed E-state index contributed by atoms with van der Waals surface area (Å²) in [6.07, 6.45) is 2.50. The Morgan fingerprint density at radius 2 is 2.47 bits per heavy atom. The molecule has 0 bridgehead atoms. The van der Waals surface area contributed by atoms with Gasteiger partial charge < -0.3 is 9.64 Å². The monoisotopic (exact) mass is 274 g/mol. The van der Waals surface area contributed by atoms with Crippen LogP contribution in [-0.2, 0) is 17.0 Å². The molecule has 0 radical (unpaired) electrons. The minimum atomic E-state index is 0.356. The first-order valence-electron chi connectivity index (χ1n) is 6.02. The fourth-order valence-corrected chi connectivity index (χ4v) is 3.28. The van der Waals surface area contributed by atoms with Gasteiger partial charge in [-0.1, -0.05) is 0 Å². The standard InChI is InChI=1S/C12H19ClN2OS/c1-9-11(4-6-16-9)15(2)5-3-12-14-10(7-13)8-17-12/h8-9,11H,3-7H2,1-2H3. The number of hydrogen-bond donors (Lipinski definition) is 0. The highest BCUT2D eigenvalue weighted by molar-refractivity contribution is 7.09.